The Morgan fingerprint density at radius 1 is 1.32 bits per heavy atom. The molecule has 0 amide bonds. The van der Waals surface area contributed by atoms with Crippen molar-refractivity contribution in [2.45, 2.75) is 25.5 Å². The van der Waals surface area contributed by atoms with Gasteiger partial charge in [-0.2, -0.15) is 0 Å². The predicted octanol–water partition coefficient (Wildman–Crippen LogP) is 2.25. The highest BCUT2D eigenvalue weighted by atomic mass is 35.5. The topological polar surface area (TPSA) is 72.2 Å². The number of imidazole rings is 1. The molecule has 1 N–H and O–H groups in total. The molecule has 5 nitrogen and oxygen atoms in total. The van der Waals surface area contributed by atoms with E-state index in [0.717, 1.165) is 19.1 Å². The number of nitrogens with zero attached hydrogens (tertiary/aromatic N) is 2. The minimum Gasteiger partial charge on any atom is -0.384 e. The number of hydrogen-bond donors (Lipinski definition) is 1. The standard InChI is InChI=1S/C15H19ClN2O3S/c1-22(20,21)11-14(19)15-17-8-10-18(15)9-2-3-12-4-6-13(16)7-5-12/h4-8,10,14,19H,2-3,9,11H2,1H3/t14-/m0/s1. The second kappa shape index (κ2) is 7.26. The zero-order valence-electron chi connectivity index (χ0n) is 12.3. The molecule has 22 heavy (non-hydrogen) atoms. The van der Waals surface area contributed by atoms with Gasteiger partial charge in [0.15, 0.2) is 0 Å². The third kappa shape index (κ3) is 5.12. The molecular formula is C15H19ClN2O3S. The number of benzene rings is 1. The van der Waals surface area contributed by atoms with E-state index >= 15 is 0 Å². The molecule has 0 saturated heterocycles. The van der Waals surface area contributed by atoms with Crippen LogP contribution in [0.15, 0.2) is 36.7 Å². The van der Waals surface area contributed by atoms with Crippen LogP contribution < -0.4 is 0 Å². The molecule has 0 aliphatic rings. The number of aromatic nitrogens is 2. The third-order valence-electron chi connectivity index (χ3n) is 3.28. The molecule has 0 spiro atoms. The summed E-state index contributed by atoms with van der Waals surface area (Å²) in [5, 5.41) is 10.7. The van der Waals surface area contributed by atoms with E-state index < -0.39 is 15.9 Å². The lowest BCUT2D eigenvalue weighted by Gasteiger charge is -2.12. The van der Waals surface area contributed by atoms with E-state index in [9.17, 15) is 13.5 Å². The number of rotatable bonds is 7. The maximum absolute atomic E-state index is 11.3. The molecule has 0 unspecified atom stereocenters. The van der Waals surface area contributed by atoms with Crippen LogP contribution in [0.2, 0.25) is 5.02 Å². The van der Waals surface area contributed by atoms with E-state index in [4.69, 9.17) is 11.6 Å². The molecule has 1 heterocycles. The maximum Gasteiger partial charge on any atom is 0.150 e. The number of aliphatic hydroxyl groups excluding tert-OH is 1. The van der Waals surface area contributed by atoms with Crippen LogP contribution in [-0.2, 0) is 22.8 Å². The summed E-state index contributed by atoms with van der Waals surface area (Å²) >= 11 is 5.85. The van der Waals surface area contributed by atoms with Gasteiger partial charge in [-0.15, -0.1) is 0 Å². The molecule has 0 saturated carbocycles. The Morgan fingerprint density at radius 3 is 2.64 bits per heavy atom. The van der Waals surface area contributed by atoms with Crippen LogP contribution in [-0.4, -0.2) is 35.1 Å². The van der Waals surface area contributed by atoms with Gasteiger partial charge in [0.05, 0.1) is 5.75 Å². The highest BCUT2D eigenvalue weighted by Gasteiger charge is 2.18. The summed E-state index contributed by atoms with van der Waals surface area (Å²) in [6.45, 7) is 0.665. The van der Waals surface area contributed by atoms with Gasteiger partial charge in [-0.05, 0) is 30.5 Å². The fourth-order valence-electron chi connectivity index (χ4n) is 2.27. The van der Waals surface area contributed by atoms with Crippen molar-refractivity contribution in [3.8, 4) is 0 Å². The van der Waals surface area contributed by atoms with Crippen molar-refractivity contribution < 1.29 is 13.5 Å². The molecule has 120 valence electrons. The normalized spacial score (nSPS) is 13.2. The predicted molar refractivity (Wildman–Crippen MR) is 86.7 cm³/mol. The Morgan fingerprint density at radius 2 is 2.00 bits per heavy atom. The molecule has 7 heteroatoms. The van der Waals surface area contributed by atoms with E-state index in [-0.39, 0.29) is 5.75 Å². The van der Waals surface area contributed by atoms with Gasteiger partial charge in [-0.1, -0.05) is 23.7 Å². The minimum atomic E-state index is -3.25. The Bertz CT molecular complexity index is 711. The molecule has 2 aromatic rings. The number of aliphatic hydroxyl groups is 1. The summed E-state index contributed by atoms with van der Waals surface area (Å²) in [5.41, 5.74) is 1.18. The van der Waals surface area contributed by atoms with Crippen LogP contribution in [0.25, 0.3) is 0 Å². The average Bonchev–Trinajstić information content (AvgIpc) is 2.88. The molecule has 0 aliphatic heterocycles. The van der Waals surface area contributed by atoms with Gasteiger partial charge < -0.3 is 9.67 Å². The highest BCUT2D eigenvalue weighted by molar-refractivity contribution is 7.90. The van der Waals surface area contributed by atoms with Gasteiger partial charge in [0.2, 0.25) is 0 Å². The highest BCUT2D eigenvalue weighted by Crippen LogP contribution is 2.15. The monoisotopic (exact) mass is 342 g/mol. The van der Waals surface area contributed by atoms with Gasteiger partial charge in [0.25, 0.3) is 0 Å². The zero-order chi connectivity index (χ0) is 16.2. The number of aryl methyl sites for hydroxylation is 2. The Kier molecular flexibility index (Phi) is 5.61. The van der Waals surface area contributed by atoms with Crippen LogP contribution in [0.1, 0.15) is 23.9 Å². The minimum absolute atomic E-state index is 0.318. The largest absolute Gasteiger partial charge is 0.384 e. The summed E-state index contributed by atoms with van der Waals surface area (Å²) in [6, 6.07) is 7.68. The average molecular weight is 343 g/mol. The second-order valence-electron chi connectivity index (χ2n) is 5.32. The van der Waals surface area contributed by atoms with Crippen molar-refractivity contribution in [3.05, 3.63) is 53.1 Å². The van der Waals surface area contributed by atoms with Crippen molar-refractivity contribution >= 4 is 21.4 Å². The quantitative estimate of drug-likeness (QED) is 0.837. The summed E-state index contributed by atoms with van der Waals surface area (Å²) in [4.78, 5) is 4.07. The van der Waals surface area contributed by atoms with Crippen LogP contribution in [0, 0.1) is 0 Å². The molecule has 0 aliphatic carbocycles. The SMILES string of the molecule is CS(=O)(=O)C[C@H](O)c1nccn1CCCc1ccc(Cl)cc1. The Hall–Kier alpha value is -1.37. The molecule has 0 radical (unpaired) electrons. The maximum atomic E-state index is 11.3. The first-order valence-electron chi connectivity index (χ1n) is 6.96. The lowest BCUT2D eigenvalue weighted by molar-refractivity contribution is 0.186. The number of sulfone groups is 1. The van der Waals surface area contributed by atoms with E-state index in [2.05, 4.69) is 4.98 Å². The number of hydrogen-bond acceptors (Lipinski definition) is 4. The van der Waals surface area contributed by atoms with Gasteiger partial charge in [0.1, 0.15) is 21.8 Å². The van der Waals surface area contributed by atoms with Crippen molar-refractivity contribution in [2.24, 2.45) is 0 Å². The fourth-order valence-corrected chi connectivity index (χ4v) is 3.12. The molecule has 1 atom stereocenters. The molecule has 0 bridgehead atoms. The summed E-state index contributed by atoms with van der Waals surface area (Å²) in [5.74, 6) is 0.0721. The van der Waals surface area contributed by atoms with E-state index in [1.807, 2.05) is 24.3 Å². The Labute approximate surface area is 135 Å². The third-order valence-corrected chi connectivity index (χ3v) is 4.46. The summed E-state index contributed by atoms with van der Waals surface area (Å²) < 4.78 is 24.3. The van der Waals surface area contributed by atoms with Crippen molar-refractivity contribution in [1.82, 2.24) is 9.55 Å². The summed E-state index contributed by atoms with van der Waals surface area (Å²) in [7, 11) is -3.25. The van der Waals surface area contributed by atoms with E-state index in [1.54, 1.807) is 17.0 Å². The van der Waals surface area contributed by atoms with E-state index in [1.165, 1.54) is 5.56 Å². The van der Waals surface area contributed by atoms with E-state index in [0.29, 0.717) is 17.4 Å². The van der Waals surface area contributed by atoms with Gasteiger partial charge in [-0.25, -0.2) is 13.4 Å². The molecule has 0 fully saturated rings. The first kappa shape index (κ1) is 17.0. The van der Waals surface area contributed by atoms with Crippen molar-refractivity contribution in [1.29, 1.82) is 0 Å². The first-order valence-corrected chi connectivity index (χ1v) is 9.40. The van der Waals surface area contributed by atoms with Crippen LogP contribution in [0.3, 0.4) is 0 Å². The van der Waals surface area contributed by atoms with Crippen molar-refractivity contribution in [3.63, 3.8) is 0 Å². The van der Waals surface area contributed by atoms with Gasteiger partial charge in [0, 0.05) is 30.2 Å². The Balaban J connectivity index is 1.94. The summed E-state index contributed by atoms with van der Waals surface area (Å²) in [6.07, 6.45) is 5.06. The zero-order valence-corrected chi connectivity index (χ0v) is 13.9. The smallest absolute Gasteiger partial charge is 0.150 e. The second-order valence-corrected chi connectivity index (χ2v) is 7.94. The van der Waals surface area contributed by atoms with Crippen LogP contribution in [0.4, 0.5) is 0 Å². The van der Waals surface area contributed by atoms with Crippen molar-refractivity contribution in [2.75, 3.05) is 12.0 Å². The van der Waals surface area contributed by atoms with Crippen LogP contribution >= 0.6 is 11.6 Å². The van der Waals surface area contributed by atoms with Gasteiger partial charge in [-0.3, -0.25) is 0 Å². The number of halogens is 1. The fraction of sp³-hybridized carbons (Fsp3) is 0.400. The lowest BCUT2D eigenvalue weighted by Crippen LogP contribution is -2.17. The van der Waals surface area contributed by atoms with Gasteiger partial charge >= 0.3 is 0 Å². The molecular weight excluding hydrogens is 324 g/mol. The molecule has 1 aromatic heterocycles. The first-order chi connectivity index (χ1) is 10.3. The van der Waals surface area contributed by atoms with Crippen LogP contribution in [0.5, 0.6) is 0 Å². The molecule has 2 rings (SSSR count). The molecule has 1 aromatic carbocycles. The lowest BCUT2D eigenvalue weighted by atomic mass is 10.1.